The highest BCUT2D eigenvalue weighted by Crippen LogP contribution is 2.30. The zero-order valence-electron chi connectivity index (χ0n) is 15.5. The van der Waals surface area contributed by atoms with Crippen LogP contribution in [0.5, 0.6) is 0 Å². The first kappa shape index (κ1) is 20.1. The molecule has 0 bridgehead atoms. The van der Waals surface area contributed by atoms with Gasteiger partial charge in [-0.05, 0) is 32.0 Å². The molecule has 0 spiro atoms. The summed E-state index contributed by atoms with van der Waals surface area (Å²) in [6.45, 7) is 4.02. The van der Waals surface area contributed by atoms with Crippen molar-refractivity contribution in [2.24, 2.45) is 5.73 Å². The molecule has 3 rings (SSSR count). The fourth-order valence-electron chi connectivity index (χ4n) is 3.00. The molecule has 0 unspecified atom stereocenters. The molecule has 1 aliphatic rings. The lowest BCUT2D eigenvalue weighted by atomic mass is 10.0. The van der Waals surface area contributed by atoms with E-state index in [-0.39, 0.29) is 29.8 Å². The molecule has 1 aromatic carbocycles. The Morgan fingerprint density at radius 3 is 2.71 bits per heavy atom. The summed E-state index contributed by atoms with van der Waals surface area (Å²) in [5.74, 6) is -1.28. The van der Waals surface area contributed by atoms with Gasteiger partial charge in [0.15, 0.2) is 0 Å². The summed E-state index contributed by atoms with van der Waals surface area (Å²) in [6, 6.07) is 3.67. The van der Waals surface area contributed by atoms with Crippen molar-refractivity contribution in [1.29, 1.82) is 0 Å². The lowest BCUT2D eigenvalue weighted by Crippen LogP contribution is -2.53. The molecule has 2 heterocycles. The maximum absolute atomic E-state index is 13.5. The van der Waals surface area contributed by atoms with Gasteiger partial charge >= 0.3 is 6.03 Å². The van der Waals surface area contributed by atoms with Crippen molar-refractivity contribution in [3.8, 4) is 11.3 Å². The van der Waals surface area contributed by atoms with Gasteiger partial charge in [0.25, 0.3) is 5.91 Å². The molecule has 3 amide bonds. The normalized spacial score (nSPS) is 14.0. The Bertz CT molecular complexity index is 944. The summed E-state index contributed by atoms with van der Waals surface area (Å²) in [4.78, 5) is 26.2. The molecule has 1 aromatic heterocycles. The summed E-state index contributed by atoms with van der Waals surface area (Å²) >= 11 is 5.85. The molecule has 0 fully saturated rings. The van der Waals surface area contributed by atoms with E-state index < -0.39 is 17.3 Å². The first-order valence-electron chi connectivity index (χ1n) is 8.66. The number of hydrogen-bond acceptors (Lipinski definition) is 4. The maximum atomic E-state index is 13.5. The minimum Gasteiger partial charge on any atom is -0.394 e. The molecule has 0 saturated heterocycles. The number of aliphatic hydroxyl groups is 1. The number of carbonyl (C=O) groups is 2. The van der Waals surface area contributed by atoms with E-state index in [1.807, 2.05) is 0 Å². The van der Waals surface area contributed by atoms with E-state index >= 15 is 0 Å². The van der Waals surface area contributed by atoms with Crippen molar-refractivity contribution in [2.45, 2.75) is 32.5 Å². The summed E-state index contributed by atoms with van der Waals surface area (Å²) < 4.78 is 15.1. The van der Waals surface area contributed by atoms with Gasteiger partial charge in [0, 0.05) is 12.1 Å². The predicted octanol–water partition coefficient (Wildman–Crippen LogP) is 1.74. The lowest BCUT2D eigenvalue weighted by Gasteiger charge is -2.32. The highest BCUT2D eigenvalue weighted by Gasteiger charge is 2.31. The number of aromatic nitrogens is 2. The van der Waals surface area contributed by atoms with Crippen molar-refractivity contribution in [1.82, 2.24) is 20.0 Å². The second-order valence-electron chi connectivity index (χ2n) is 7.28. The second-order valence-corrected chi connectivity index (χ2v) is 7.69. The molecular formula is C18H21ClFN5O3. The van der Waals surface area contributed by atoms with Gasteiger partial charge < -0.3 is 21.1 Å². The largest absolute Gasteiger partial charge is 0.394 e. The highest BCUT2D eigenvalue weighted by atomic mass is 35.5. The van der Waals surface area contributed by atoms with Gasteiger partial charge in [-0.2, -0.15) is 5.10 Å². The molecule has 0 saturated carbocycles. The summed E-state index contributed by atoms with van der Waals surface area (Å²) in [6.07, 6.45) is 0. The van der Waals surface area contributed by atoms with Crippen LogP contribution in [-0.4, -0.2) is 50.4 Å². The number of nitrogens with zero attached hydrogens (tertiary/aromatic N) is 3. The molecule has 10 heteroatoms. The molecule has 150 valence electrons. The topological polar surface area (TPSA) is 113 Å². The zero-order valence-corrected chi connectivity index (χ0v) is 16.3. The molecule has 28 heavy (non-hydrogen) atoms. The van der Waals surface area contributed by atoms with Crippen LogP contribution in [0.2, 0.25) is 5.02 Å². The Hall–Kier alpha value is -2.65. The van der Waals surface area contributed by atoms with Gasteiger partial charge in [0.1, 0.15) is 11.5 Å². The molecule has 8 nitrogen and oxygen atoms in total. The quantitative estimate of drug-likeness (QED) is 0.713. The average Bonchev–Trinajstić information content (AvgIpc) is 3.02. The monoisotopic (exact) mass is 409 g/mol. The predicted molar refractivity (Wildman–Crippen MR) is 101 cm³/mol. The van der Waals surface area contributed by atoms with Crippen molar-refractivity contribution in [3.63, 3.8) is 0 Å². The van der Waals surface area contributed by atoms with Gasteiger partial charge in [-0.1, -0.05) is 11.6 Å². The smallest absolute Gasteiger partial charge is 0.318 e. The van der Waals surface area contributed by atoms with Crippen molar-refractivity contribution in [2.75, 3.05) is 13.2 Å². The number of aliphatic hydroxyl groups excluding tert-OH is 1. The van der Waals surface area contributed by atoms with Crippen molar-refractivity contribution < 1.29 is 19.1 Å². The van der Waals surface area contributed by atoms with E-state index in [1.165, 1.54) is 23.1 Å². The number of hydrogen-bond donors (Lipinski definition) is 3. The Morgan fingerprint density at radius 2 is 2.11 bits per heavy atom. The lowest BCUT2D eigenvalue weighted by molar-refractivity contribution is 0.0996. The standard InChI is InChI=1S/C18H21ClFN5O3/c1-18(2,9-26)22-17(28)24-5-6-25-13(8-24)14(16(21)27)15(23-25)10-3-4-12(20)11(19)7-10/h3-4,7,26H,5-6,8-9H2,1-2H3,(H2,21,27)(H,22,28). The van der Waals surface area contributed by atoms with E-state index in [0.717, 1.165) is 0 Å². The number of fused-ring (bicyclic) bond motifs is 1. The van der Waals surface area contributed by atoms with E-state index in [2.05, 4.69) is 10.4 Å². The van der Waals surface area contributed by atoms with Gasteiger partial charge in [0.05, 0.1) is 41.5 Å². The number of nitrogens with one attached hydrogen (secondary N) is 1. The number of carbonyl (C=O) groups excluding carboxylic acids is 2. The Morgan fingerprint density at radius 1 is 1.39 bits per heavy atom. The van der Waals surface area contributed by atoms with E-state index in [4.69, 9.17) is 17.3 Å². The number of benzene rings is 1. The number of rotatable bonds is 4. The van der Waals surface area contributed by atoms with Crippen LogP contribution in [0, 0.1) is 5.82 Å². The van der Waals surface area contributed by atoms with E-state index in [1.54, 1.807) is 18.5 Å². The fraction of sp³-hybridized carbons (Fsp3) is 0.389. The van der Waals surface area contributed by atoms with Crippen LogP contribution in [0.1, 0.15) is 29.9 Å². The first-order chi connectivity index (χ1) is 13.1. The van der Waals surface area contributed by atoms with Crippen LogP contribution in [0.3, 0.4) is 0 Å². The zero-order chi connectivity index (χ0) is 20.6. The molecular weight excluding hydrogens is 389 g/mol. The van der Waals surface area contributed by atoms with Crippen molar-refractivity contribution >= 4 is 23.5 Å². The van der Waals surface area contributed by atoms with Gasteiger partial charge in [-0.15, -0.1) is 0 Å². The van der Waals surface area contributed by atoms with E-state index in [0.29, 0.717) is 30.0 Å². The minimum atomic E-state index is -0.780. The second kappa shape index (κ2) is 7.40. The van der Waals surface area contributed by atoms with Gasteiger partial charge in [-0.3, -0.25) is 9.48 Å². The van der Waals surface area contributed by atoms with Crippen LogP contribution in [0.15, 0.2) is 18.2 Å². The Kier molecular flexibility index (Phi) is 5.31. The van der Waals surface area contributed by atoms with Crippen LogP contribution in [0.25, 0.3) is 11.3 Å². The number of nitrogens with two attached hydrogens (primary N) is 1. The van der Waals surface area contributed by atoms with Crippen LogP contribution >= 0.6 is 11.6 Å². The third-order valence-corrected chi connectivity index (χ3v) is 4.84. The molecule has 1 aliphatic heterocycles. The van der Waals surface area contributed by atoms with Gasteiger partial charge in [-0.25, -0.2) is 9.18 Å². The van der Waals surface area contributed by atoms with Crippen LogP contribution in [-0.2, 0) is 13.1 Å². The number of amides is 3. The average molecular weight is 410 g/mol. The molecule has 0 radical (unpaired) electrons. The fourth-order valence-corrected chi connectivity index (χ4v) is 3.18. The molecule has 4 N–H and O–H groups in total. The Labute approximate surface area is 166 Å². The first-order valence-corrected chi connectivity index (χ1v) is 9.03. The summed E-state index contributed by atoms with van der Waals surface area (Å²) in [5.41, 5.74) is 6.21. The maximum Gasteiger partial charge on any atom is 0.318 e. The van der Waals surface area contributed by atoms with Crippen LogP contribution in [0.4, 0.5) is 9.18 Å². The van der Waals surface area contributed by atoms with Crippen molar-refractivity contribution in [3.05, 3.63) is 40.3 Å². The van der Waals surface area contributed by atoms with E-state index in [9.17, 15) is 19.1 Å². The Balaban J connectivity index is 1.96. The molecule has 0 atom stereocenters. The summed E-state index contributed by atoms with van der Waals surface area (Å²) in [5, 5.41) is 16.4. The number of primary amides is 1. The summed E-state index contributed by atoms with van der Waals surface area (Å²) in [7, 11) is 0. The van der Waals surface area contributed by atoms with Crippen LogP contribution < -0.4 is 11.1 Å². The number of urea groups is 1. The molecule has 0 aliphatic carbocycles. The SMILES string of the molecule is CC(C)(CO)NC(=O)N1CCn2nc(-c3ccc(F)c(Cl)c3)c(C(N)=O)c2C1. The number of halogens is 2. The highest BCUT2D eigenvalue weighted by molar-refractivity contribution is 6.31. The third-order valence-electron chi connectivity index (χ3n) is 4.55. The third kappa shape index (κ3) is 3.81. The van der Waals surface area contributed by atoms with Gasteiger partial charge in [0.2, 0.25) is 0 Å². The minimum absolute atomic E-state index is 0.0915. The molecule has 2 aromatic rings.